The summed E-state index contributed by atoms with van der Waals surface area (Å²) in [5, 5.41) is 11.3. The Kier molecular flexibility index (Phi) is 6.74. The van der Waals surface area contributed by atoms with E-state index in [4.69, 9.17) is 4.74 Å². The van der Waals surface area contributed by atoms with Crippen LogP contribution in [0.3, 0.4) is 0 Å². The van der Waals surface area contributed by atoms with Gasteiger partial charge in [-0.1, -0.05) is 31.2 Å². The van der Waals surface area contributed by atoms with Gasteiger partial charge in [0.15, 0.2) is 0 Å². The van der Waals surface area contributed by atoms with Crippen molar-refractivity contribution in [3.05, 3.63) is 100 Å². The number of hydrogen-bond donors (Lipinski definition) is 1. The Morgan fingerprint density at radius 1 is 1.03 bits per heavy atom. The summed E-state index contributed by atoms with van der Waals surface area (Å²) in [6.45, 7) is 7.72. The molecular weight excluding hydrogens is 445 g/mol. The number of halogens is 1. The minimum atomic E-state index is -0.907. The van der Waals surface area contributed by atoms with Crippen LogP contribution in [0.5, 0.6) is 5.75 Å². The molecular formula is C29H28FNO4. The second-order valence-corrected chi connectivity index (χ2v) is 8.89. The molecule has 1 unspecified atom stereocenters. The topological polar surface area (TPSA) is 66.8 Å². The van der Waals surface area contributed by atoms with Crippen molar-refractivity contribution in [1.82, 2.24) is 0 Å². The number of anilines is 1. The molecule has 0 spiro atoms. The minimum absolute atomic E-state index is 0.0176. The highest BCUT2D eigenvalue weighted by atomic mass is 19.1. The molecule has 1 atom stereocenters. The molecule has 0 saturated carbocycles. The van der Waals surface area contributed by atoms with E-state index in [9.17, 15) is 19.1 Å². The number of ketones is 1. The molecule has 4 rings (SSSR count). The first-order chi connectivity index (χ1) is 16.7. The number of amides is 1. The molecule has 3 aromatic rings. The molecule has 5 nitrogen and oxygen atoms in total. The lowest BCUT2D eigenvalue weighted by atomic mass is 9.94. The van der Waals surface area contributed by atoms with E-state index in [1.54, 1.807) is 30.3 Å². The van der Waals surface area contributed by atoms with Crippen LogP contribution >= 0.6 is 0 Å². The first kappa shape index (κ1) is 24.2. The van der Waals surface area contributed by atoms with E-state index < -0.39 is 23.5 Å². The predicted molar refractivity (Wildman–Crippen MR) is 134 cm³/mol. The summed E-state index contributed by atoms with van der Waals surface area (Å²) >= 11 is 0. The third-order valence-electron chi connectivity index (χ3n) is 6.06. The number of carbonyl (C=O) groups is 2. The lowest BCUT2D eigenvalue weighted by Crippen LogP contribution is -2.29. The van der Waals surface area contributed by atoms with Gasteiger partial charge in [0.05, 0.1) is 17.7 Å². The van der Waals surface area contributed by atoms with Crippen molar-refractivity contribution in [3.63, 3.8) is 0 Å². The van der Waals surface area contributed by atoms with Crippen LogP contribution in [0.4, 0.5) is 10.1 Å². The number of aryl methyl sites for hydroxylation is 2. The smallest absolute Gasteiger partial charge is 0.300 e. The summed E-state index contributed by atoms with van der Waals surface area (Å²) in [4.78, 5) is 27.9. The van der Waals surface area contributed by atoms with Gasteiger partial charge in [0.1, 0.15) is 17.3 Å². The van der Waals surface area contributed by atoms with E-state index in [2.05, 4.69) is 0 Å². The van der Waals surface area contributed by atoms with E-state index in [-0.39, 0.29) is 17.4 Å². The SMILES string of the molecule is CCc1ccc(N2C(=O)C(=O)/C(=C(\O)c3ccc(OC(C)C)c(C)c3)C2c2ccc(F)cc2)cc1. The third-order valence-corrected chi connectivity index (χ3v) is 6.06. The fraction of sp³-hybridized carbons (Fsp3) is 0.241. The van der Waals surface area contributed by atoms with E-state index in [1.165, 1.54) is 29.2 Å². The maximum atomic E-state index is 13.7. The van der Waals surface area contributed by atoms with Gasteiger partial charge < -0.3 is 9.84 Å². The number of aliphatic hydroxyl groups excluding tert-OH is 1. The second kappa shape index (κ2) is 9.74. The third kappa shape index (κ3) is 4.69. The zero-order valence-electron chi connectivity index (χ0n) is 20.2. The van der Waals surface area contributed by atoms with Gasteiger partial charge in [0.25, 0.3) is 11.7 Å². The van der Waals surface area contributed by atoms with Gasteiger partial charge in [-0.2, -0.15) is 0 Å². The molecule has 1 N–H and O–H groups in total. The average Bonchev–Trinajstić information content (AvgIpc) is 3.10. The molecule has 0 radical (unpaired) electrons. The van der Waals surface area contributed by atoms with Gasteiger partial charge in [-0.15, -0.1) is 0 Å². The van der Waals surface area contributed by atoms with E-state index in [0.29, 0.717) is 22.6 Å². The summed E-state index contributed by atoms with van der Waals surface area (Å²) in [6, 6.07) is 17.2. The van der Waals surface area contributed by atoms with Crippen LogP contribution in [-0.2, 0) is 16.0 Å². The standard InChI is InChI=1S/C29H28FNO4/c1-5-19-6-13-23(14-7-19)31-26(20-8-11-22(30)12-9-20)25(28(33)29(31)34)27(32)21-10-15-24(18(4)16-21)35-17(2)3/h6-17,26,32H,5H2,1-4H3/b27-25-. The van der Waals surface area contributed by atoms with Crippen molar-refractivity contribution >= 4 is 23.1 Å². The molecule has 0 aliphatic carbocycles. The number of aliphatic hydroxyl groups is 1. The summed E-state index contributed by atoms with van der Waals surface area (Å²) in [5.41, 5.74) is 3.26. The molecule has 1 saturated heterocycles. The Labute approximate surface area is 204 Å². The Balaban J connectivity index is 1.87. The molecule has 0 aromatic heterocycles. The molecule has 180 valence electrons. The van der Waals surface area contributed by atoms with Crippen LogP contribution in [0.1, 0.15) is 49.1 Å². The highest BCUT2D eigenvalue weighted by Gasteiger charge is 2.47. The zero-order chi connectivity index (χ0) is 25.3. The Morgan fingerprint density at radius 3 is 2.26 bits per heavy atom. The molecule has 1 amide bonds. The van der Waals surface area contributed by atoms with Crippen molar-refractivity contribution in [1.29, 1.82) is 0 Å². The van der Waals surface area contributed by atoms with Gasteiger partial charge in [-0.3, -0.25) is 14.5 Å². The van der Waals surface area contributed by atoms with Crippen molar-refractivity contribution < 1.29 is 23.8 Å². The van der Waals surface area contributed by atoms with Crippen LogP contribution in [0.25, 0.3) is 5.76 Å². The lowest BCUT2D eigenvalue weighted by Gasteiger charge is -2.25. The normalized spacial score (nSPS) is 17.3. The monoisotopic (exact) mass is 473 g/mol. The molecule has 0 bridgehead atoms. The molecule has 35 heavy (non-hydrogen) atoms. The predicted octanol–water partition coefficient (Wildman–Crippen LogP) is 6.11. The first-order valence-corrected chi connectivity index (χ1v) is 11.6. The van der Waals surface area contributed by atoms with Gasteiger partial charge in [0.2, 0.25) is 0 Å². The highest BCUT2D eigenvalue weighted by molar-refractivity contribution is 6.51. The van der Waals surface area contributed by atoms with Crippen LogP contribution in [0.2, 0.25) is 0 Å². The molecule has 1 aliphatic rings. The number of nitrogens with zero attached hydrogens (tertiary/aromatic N) is 1. The van der Waals surface area contributed by atoms with Crippen LogP contribution in [-0.4, -0.2) is 22.9 Å². The van der Waals surface area contributed by atoms with Gasteiger partial charge in [-0.25, -0.2) is 4.39 Å². The van der Waals surface area contributed by atoms with Gasteiger partial charge >= 0.3 is 0 Å². The first-order valence-electron chi connectivity index (χ1n) is 11.6. The number of carbonyl (C=O) groups excluding carboxylic acids is 2. The van der Waals surface area contributed by atoms with Gasteiger partial charge in [0, 0.05) is 11.3 Å². The zero-order valence-corrected chi connectivity index (χ0v) is 20.2. The average molecular weight is 474 g/mol. The summed E-state index contributed by atoms with van der Waals surface area (Å²) in [6.07, 6.45) is 0.812. The van der Waals surface area contributed by atoms with Crippen molar-refractivity contribution in [2.75, 3.05) is 4.90 Å². The molecule has 3 aromatic carbocycles. The van der Waals surface area contributed by atoms with Crippen molar-refractivity contribution in [2.24, 2.45) is 0 Å². The fourth-order valence-electron chi connectivity index (χ4n) is 4.29. The lowest BCUT2D eigenvalue weighted by molar-refractivity contribution is -0.132. The number of Topliss-reactive ketones (excluding diaryl/α,β-unsaturated/α-hetero) is 1. The Morgan fingerprint density at radius 2 is 1.69 bits per heavy atom. The van der Waals surface area contributed by atoms with Crippen molar-refractivity contribution in [2.45, 2.75) is 46.3 Å². The van der Waals surface area contributed by atoms with Crippen LogP contribution in [0, 0.1) is 12.7 Å². The minimum Gasteiger partial charge on any atom is -0.507 e. The largest absolute Gasteiger partial charge is 0.507 e. The summed E-state index contributed by atoms with van der Waals surface area (Å²) in [5.74, 6) is -1.60. The van der Waals surface area contributed by atoms with Crippen molar-refractivity contribution in [3.8, 4) is 5.75 Å². The van der Waals surface area contributed by atoms with E-state index in [0.717, 1.165) is 17.5 Å². The highest BCUT2D eigenvalue weighted by Crippen LogP contribution is 2.42. The Bertz CT molecular complexity index is 1290. The molecule has 1 heterocycles. The maximum Gasteiger partial charge on any atom is 0.300 e. The molecule has 6 heteroatoms. The van der Waals surface area contributed by atoms with Gasteiger partial charge in [-0.05, 0) is 86.3 Å². The second-order valence-electron chi connectivity index (χ2n) is 8.89. The quantitative estimate of drug-likeness (QED) is 0.266. The summed E-state index contributed by atoms with van der Waals surface area (Å²) < 4.78 is 19.5. The van der Waals surface area contributed by atoms with Crippen LogP contribution in [0.15, 0.2) is 72.3 Å². The number of hydrogen-bond acceptors (Lipinski definition) is 4. The molecule has 1 fully saturated rings. The Hall–Kier alpha value is -3.93. The number of rotatable bonds is 6. The number of benzene rings is 3. The fourth-order valence-corrected chi connectivity index (χ4v) is 4.29. The summed E-state index contributed by atoms with van der Waals surface area (Å²) in [7, 11) is 0. The van der Waals surface area contributed by atoms with E-state index >= 15 is 0 Å². The maximum absolute atomic E-state index is 13.7. The van der Waals surface area contributed by atoms with E-state index in [1.807, 2.05) is 39.8 Å². The number of ether oxygens (including phenoxy) is 1. The van der Waals surface area contributed by atoms with Crippen LogP contribution < -0.4 is 9.64 Å². The molecule has 1 aliphatic heterocycles.